The van der Waals surface area contributed by atoms with Crippen molar-refractivity contribution >= 4 is 26.6 Å². The Morgan fingerprint density at radius 2 is 1.90 bits per heavy atom. The number of H-pyrrole nitrogens is 1. The molecule has 2 heterocycles. The molecular weight excluding hydrogens is 286 g/mol. The van der Waals surface area contributed by atoms with E-state index in [-0.39, 0.29) is 0 Å². The second-order valence-corrected chi connectivity index (χ2v) is 7.54. The second-order valence-electron chi connectivity index (χ2n) is 5.56. The van der Waals surface area contributed by atoms with Crippen molar-refractivity contribution in [2.45, 2.75) is 13.3 Å². The van der Waals surface area contributed by atoms with Crippen LogP contribution in [-0.2, 0) is 16.4 Å². The lowest BCUT2D eigenvalue weighted by atomic mass is 10.1. The third kappa shape index (κ3) is 2.78. The predicted molar refractivity (Wildman–Crippen MR) is 86.3 cm³/mol. The summed E-state index contributed by atoms with van der Waals surface area (Å²) in [5.74, 6) is 0. The van der Waals surface area contributed by atoms with Gasteiger partial charge in [-0.1, -0.05) is 6.92 Å². The van der Waals surface area contributed by atoms with E-state index in [0.717, 1.165) is 25.0 Å². The number of hydrogen-bond donors (Lipinski definition) is 1. The Kier molecular flexibility index (Phi) is 3.67. The first-order valence-corrected chi connectivity index (χ1v) is 9.14. The number of benzene rings is 1. The van der Waals surface area contributed by atoms with Crippen LogP contribution in [0.15, 0.2) is 24.4 Å². The Hall–Kier alpha value is -1.53. The molecular formula is C15H21N3O2S. The number of fused-ring (bicyclic) bond motifs is 1. The Balaban J connectivity index is 1.90. The van der Waals surface area contributed by atoms with E-state index in [4.69, 9.17) is 0 Å². The Bertz CT molecular complexity index is 743. The third-order valence-electron chi connectivity index (χ3n) is 4.16. The lowest BCUT2D eigenvalue weighted by Gasteiger charge is -2.35. The van der Waals surface area contributed by atoms with E-state index < -0.39 is 10.0 Å². The Morgan fingerprint density at radius 1 is 1.19 bits per heavy atom. The van der Waals surface area contributed by atoms with Crippen LogP contribution in [-0.4, -0.2) is 50.1 Å². The molecule has 0 aliphatic carbocycles. The topological polar surface area (TPSA) is 56.4 Å². The minimum Gasteiger partial charge on any atom is -0.368 e. The summed E-state index contributed by atoms with van der Waals surface area (Å²) in [7, 11) is -3.08. The molecule has 0 amide bonds. The molecule has 1 fully saturated rings. The molecule has 1 aliphatic rings. The summed E-state index contributed by atoms with van der Waals surface area (Å²) in [5, 5.41) is 1.21. The summed E-state index contributed by atoms with van der Waals surface area (Å²) < 4.78 is 24.8. The molecule has 21 heavy (non-hydrogen) atoms. The molecule has 114 valence electrons. The number of anilines is 1. The van der Waals surface area contributed by atoms with Gasteiger partial charge >= 0.3 is 0 Å². The second kappa shape index (κ2) is 5.35. The molecule has 0 saturated carbocycles. The minimum absolute atomic E-state index is 0.557. The van der Waals surface area contributed by atoms with Crippen LogP contribution < -0.4 is 4.90 Å². The van der Waals surface area contributed by atoms with Crippen LogP contribution in [0.3, 0.4) is 0 Å². The van der Waals surface area contributed by atoms with Crippen LogP contribution in [0.25, 0.3) is 10.9 Å². The number of nitrogens with one attached hydrogen (secondary N) is 1. The zero-order valence-corrected chi connectivity index (χ0v) is 13.3. The van der Waals surface area contributed by atoms with Gasteiger partial charge in [0.2, 0.25) is 10.0 Å². The molecule has 1 saturated heterocycles. The summed E-state index contributed by atoms with van der Waals surface area (Å²) in [6.45, 7) is 4.73. The molecule has 1 aliphatic heterocycles. The van der Waals surface area contributed by atoms with Gasteiger partial charge < -0.3 is 9.88 Å². The molecule has 3 rings (SSSR count). The summed E-state index contributed by atoms with van der Waals surface area (Å²) in [6.07, 6.45) is 4.23. The largest absolute Gasteiger partial charge is 0.368 e. The first-order chi connectivity index (χ1) is 9.99. The average Bonchev–Trinajstić information content (AvgIpc) is 2.93. The van der Waals surface area contributed by atoms with Crippen molar-refractivity contribution in [1.29, 1.82) is 0 Å². The van der Waals surface area contributed by atoms with E-state index in [1.807, 2.05) is 6.20 Å². The van der Waals surface area contributed by atoms with Crippen molar-refractivity contribution in [3.63, 3.8) is 0 Å². The average molecular weight is 307 g/mol. The first kappa shape index (κ1) is 14.4. The Labute approximate surface area is 125 Å². The number of sulfonamides is 1. The van der Waals surface area contributed by atoms with Gasteiger partial charge in [0.05, 0.1) is 6.26 Å². The lowest BCUT2D eigenvalue weighted by Crippen LogP contribution is -2.48. The van der Waals surface area contributed by atoms with Crippen molar-refractivity contribution in [2.24, 2.45) is 0 Å². The fourth-order valence-electron chi connectivity index (χ4n) is 2.93. The standard InChI is InChI=1S/C15H21N3O2S/c1-3-12-10-14-13(4-5-16-14)15(11-12)17-6-8-18(9-7-17)21(2,19)20/h4-5,10-11,16H,3,6-9H2,1-2H3. The van der Waals surface area contributed by atoms with E-state index in [1.54, 1.807) is 4.31 Å². The van der Waals surface area contributed by atoms with Crippen molar-refractivity contribution in [2.75, 3.05) is 37.3 Å². The molecule has 6 heteroatoms. The maximum atomic E-state index is 11.6. The fraction of sp³-hybridized carbons (Fsp3) is 0.467. The van der Waals surface area contributed by atoms with E-state index in [2.05, 4.69) is 35.0 Å². The number of piperazine rings is 1. The normalized spacial score (nSPS) is 17.5. The van der Waals surface area contributed by atoms with Crippen molar-refractivity contribution in [3.8, 4) is 0 Å². The van der Waals surface area contributed by atoms with Crippen LogP contribution in [0.5, 0.6) is 0 Å². The molecule has 0 radical (unpaired) electrons. The minimum atomic E-state index is -3.08. The predicted octanol–water partition coefficient (Wildman–Crippen LogP) is 1.81. The number of rotatable bonds is 3. The number of aromatic nitrogens is 1. The van der Waals surface area contributed by atoms with Gasteiger partial charge in [0.1, 0.15) is 0 Å². The van der Waals surface area contributed by atoms with Crippen LogP contribution in [0.1, 0.15) is 12.5 Å². The summed E-state index contributed by atoms with van der Waals surface area (Å²) >= 11 is 0. The summed E-state index contributed by atoms with van der Waals surface area (Å²) in [4.78, 5) is 5.56. The van der Waals surface area contributed by atoms with E-state index in [1.165, 1.54) is 22.9 Å². The van der Waals surface area contributed by atoms with Gasteiger partial charge in [0, 0.05) is 49.0 Å². The van der Waals surface area contributed by atoms with Gasteiger partial charge in [-0.15, -0.1) is 0 Å². The van der Waals surface area contributed by atoms with Crippen molar-refractivity contribution < 1.29 is 8.42 Å². The first-order valence-electron chi connectivity index (χ1n) is 7.29. The summed E-state index contributed by atoms with van der Waals surface area (Å²) in [6, 6.07) is 6.50. The van der Waals surface area contributed by atoms with Gasteiger partial charge in [0.15, 0.2) is 0 Å². The Morgan fingerprint density at radius 3 is 2.52 bits per heavy atom. The van der Waals surface area contributed by atoms with Crippen LogP contribution in [0.4, 0.5) is 5.69 Å². The van der Waals surface area contributed by atoms with E-state index in [9.17, 15) is 8.42 Å². The highest BCUT2D eigenvalue weighted by atomic mass is 32.2. The van der Waals surface area contributed by atoms with Crippen LogP contribution in [0, 0.1) is 0 Å². The van der Waals surface area contributed by atoms with Gasteiger partial charge in [-0.3, -0.25) is 0 Å². The number of hydrogen-bond acceptors (Lipinski definition) is 3. The molecule has 0 spiro atoms. The van der Waals surface area contributed by atoms with E-state index >= 15 is 0 Å². The van der Waals surface area contributed by atoms with Gasteiger partial charge in [-0.25, -0.2) is 8.42 Å². The lowest BCUT2D eigenvalue weighted by molar-refractivity contribution is 0.388. The molecule has 0 unspecified atom stereocenters. The number of aryl methyl sites for hydroxylation is 1. The molecule has 1 N–H and O–H groups in total. The van der Waals surface area contributed by atoms with Gasteiger partial charge in [-0.05, 0) is 30.2 Å². The highest BCUT2D eigenvalue weighted by Gasteiger charge is 2.24. The van der Waals surface area contributed by atoms with Crippen molar-refractivity contribution in [1.82, 2.24) is 9.29 Å². The van der Waals surface area contributed by atoms with Crippen LogP contribution >= 0.6 is 0 Å². The zero-order valence-electron chi connectivity index (χ0n) is 12.5. The monoisotopic (exact) mass is 307 g/mol. The quantitative estimate of drug-likeness (QED) is 0.941. The molecule has 2 aromatic rings. The maximum Gasteiger partial charge on any atom is 0.211 e. The van der Waals surface area contributed by atoms with E-state index in [0.29, 0.717) is 13.1 Å². The SMILES string of the molecule is CCc1cc(N2CCN(S(C)(=O)=O)CC2)c2cc[nH]c2c1. The summed E-state index contributed by atoms with van der Waals surface area (Å²) in [5.41, 5.74) is 3.65. The maximum absolute atomic E-state index is 11.6. The number of nitrogens with zero attached hydrogens (tertiary/aromatic N) is 2. The van der Waals surface area contributed by atoms with Gasteiger partial charge in [0.25, 0.3) is 0 Å². The highest BCUT2D eigenvalue weighted by molar-refractivity contribution is 7.88. The molecule has 1 aromatic heterocycles. The van der Waals surface area contributed by atoms with Gasteiger partial charge in [-0.2, -0.15) is 4.31 Å². The molecule has 0 bridgehead atoms. The molecule has 0 atom stereocenters. The molecule has 1 aromatic carbocycles. The zero-order chi connectivity index (χ0) is 15.0. The highest BCUT2D eigenvalue weighted by Crippen LogP contribution is 2.29. The molecule has 5 nitrogen and oxygen atoms in total. The third-order valence-corrected chi connectivity index (χ3v) is 5.47. The van der Waals surface area contributed by atoms with Crippen molar-refractivity contribution in [3.05, 3.63) is 30.0 Å². The number of aromatic amines is 1. The fourth-order valence-corrected chi connectivity index (χ4v) is 3.76. The smallest absolute Gasteiger partial charge is 0.211 e. The van der Waals surface area contributed by atoms with Crippen LogP contribution in [0.2, 0.25) is 0 Å².